The van der Waals surface area contributed by atoms with Gasteiger partial charge >= 0.3 is 5.97 Å². The highest BCUT2D eigenvalue weighted by atomic mass is 35.5. The van der Waals surface area contributed by atoms with Crippen LogP contribution in [0.2, 0.25) is 10.0 Å². The number of rotatable bonds is 1. The summed E-state index contributed by atoms with van der Waals surface area (Å²) in [6.45, 7) is 0. The number of carboxylic acids is 1. The molecule has 3 unspecified atom stereocenters. The molecule has 2 N–H and O–H groups in total. The van der Waals surface area contributed by atoms with Crippen LogP contribution in [0.25, 0.3) is 0 Å². The standard InChI is InChI=1S/C16H12Cl2FNO3/c17-6-3-9(18)13-10(4-6)20-14(16(21)22)15-12(13)8-5-7(19)1-2-11(8)23-15/h3-5,12,14-15,20H,1-2H2,(H,21,22). The van der Waals surface area contributed by atoms with E-state index in [1.54, 1.807) is 12.1 Å². The molecule has 0 amide bonds. The molecule has 0 radical (unpaired) electrons. The van der Waals surface area contributed by atoms with Gasteiger partial charge in [-0.2, -0.15) is 0 Å². The van der Waals surface area contributed by atoms with Gasteiger partial charge in [-0.05, 0) is 18.2 Å². The van der Waals surface area contributed by atoms with Crippen molar-refractivity contribution in [2.45, 2.75) is 30.9 Å². The summed E-state index contributed by atoms with van der Waals surface area (Å²) in [4.78, 5) is 11.6. The third-order valence-electron chi connectivity index (χ3n) is 4.48. The Labute approximate surface area is 141 Å². The molecule has 120 valence electrons. The average molecular weight is 356 g/mol. The zero-order valence-electron chi connectivity index (χ0n) is 11.8. The van der Waals surface area contributed by atoms with Gasteiger partial charge in [-0.25, -0.2) is 9.18 Å². The van der Waals surface area contributed by atoms with Gasteiger partial charge in [-0.3, -0.25) is 0 Å². The molecule has 1 aliphatic carbocycles. The van der Waals surface area contributed by atoms with Crippen LogP contribution in [-0.2, 0) is 9.53 Å². The van der Waals surface area contributed by atoms with Crippen LogP contribution in [-0.4, -0.2) is 23.2 Å². The molecule has 0 bridgehead atoms. The first-order valence-corrected chi connectivity index (χ1v) is 7.95. The van der Waals surface area contributed by atoms with Crippen molar-refractivity contribution in [1.82, 2.24) is 0 Å². The van der Waals surface area contributed by atoms with E-state index in [1.165, 1.54) is 6.08 Å². The fourth-order valence-electron chi connectivity index (χ4n) is 3.55. The van der Waals surface area contributed by atoms with E-state index in [0.717, 1.165) is 0 Å². The van der Waals surface area contributed by atoms with Crippen molar-refractivity contribution in [3.8, 4) is 0 Å². The van der Waals surface area contributed by atoms with Crippen LogP contribution in [0.4, 0.5) is 10.1 Å². The number of carboxylic acid groups (broad SMARTS) is 1. The van der Waals surface area contributed by atoms with Crippen LogP contribution in [0.1, 0.15) is 24.3 Å². The fraction of sp³-hybridized carbons (Fsp3) is 0.312. The van der Waals surface area contributed by atoms with Gasteiger partial charge in [0.2, 0.25) is 0 Å². The molecule has 4 rings (SSSR count). The number of benzene rings is 1. The first-order valence-electron chi connectivity index (χ1n) is 7.20. The minimum absolute atomic E-state index is 0.231. The monoisotopic (exact) mass is 355 g/mol. The number of fused-ring (bicyclic) bond motifs is 4. The highest BCUT2D eigenvalue weighted by Gasteiger charge is 2.49. The van der Waals surface area contributed by atoms with Crippen LogP contribution in [0.15, 0.2) is 35.4 Å². The topological polar surface area (TPSA) is 58.6 Å². The predicted molar refractivity (Wildman–Crippen MR) is 84.6 cm³/mol. The molecule has 7 heteroatoms. The number of carbonyl (C=O) groups is 1. The first-order chi connectivity index (χ1) is 11.0. The lowest BCUT2D eigenvalue weighted by atomic mass is 9.79. The van der Waals surface area contributed by atoms with Gasteiger partial charge in [0, 0.05) is 39.7 Å². The largest absolute Gasteiger partial charge is 0.491 e. The third-order valence-corrected chi connectivity index (χ3v) is 5.01. The van der Waals surface area contributed by atoms with Gasteiger partial charge < -0.3 is 15.2 Å². The number of ether oxygens (including phenoxy) is 1. The molecule has 4 nitrogen and oxygen atoms in total. The first kappa shape index (κ1) is 14.8. The van der Waals surface area contributed by atoms with E-state index < -0.39 is 24.0 Å². The summed E-state index contributed by atoms with van der Waals surface area (Å²) < 4.78 is 19.6. The van der Waals surface area contributed by atoms with Gasteiger partial charge in [0.25, 0.3) is 0 Å². The highest BCUT2D eigenvalue weighted by Crippen LogP contribution is 2.52. The Kier molecular flexibility index (Phi) is 3.32. The second-order valence-corrected chi connectivity index (χ2v) is 6.68. The molecule has 1 aromatic rings. The summed E-state index contributed by atoms with van der Waals surface area (Å²) in [6, 6.07) is 2.28. The van der Waals surface area contributed by atoms with E-state index in [2.05, 4.69) is 5.32 Å². The SMILES string of the molecule is O=C(O)C1Nc2cc(Cl)cc(Cl)c2C2C3=C(CCC(F)=C3)OC12. The van der Waals surface area contributed by atoms with Crippen molar-refractivity contribution in [3.05, 3.63) is 51.0 Å². The summed E-state index contributed by atoms with van der Waals surface area (Å²) in [6.07, 6.45) is 1.48. The summed E-state index contributed by atoms with van der Waals surface area (Å²) >= 11 is 12.4. The number of halogens is 3. The summed E-state index contributed by atoms with van der Waals surface area (Å²) in [5.41, 5.74) is 1.93. The molecule has 23 heavy (non-hydrogen) atoms. The summed E-state index contributed by atoms with van der Waals surface area (Å²) in [5.74, 6) is -1.04. The minimum Gasteiger partial charge on any atom is -0.491 e. The second-order valence-electron chi connectivity index (χ2n) is 5.84. The van der Waals surface area contributed by atoms with Crippen LogP contribution in [0.5, 0.6) is 0 Å². The van der Waals surface area contributed by atoms with Gasteiger partial charge in [0.05, 0.1) is 5.92 Å². The quantitative estimate of drug-likeness (QED) is 0.790. The lowest BCUT2D eigenvalue weighted by Crippen LogP contribution is -2.47. The zero-order valence-corrected chi connectivity index (χ0v) is 13.3. The Balaban J connectivity index is 1.91. The van der Waals surface area contributed by atoms with E-state index in [0.29, 0.717) is 39.0 Å². The Morgan fingerprint density at radius 3 is 2.87 bits per heavy atom. The van der Waals surface area contributed by atoms with Gasteiger partial charge in [0.1, 0.15) is 17.7 Å². The molecule has 0 spiro atoms. The normalized spacial score (nSPS) is 28.1. The van der Waals surface area contributed by atoms with Crippen molar-refractivity contribution in [2.75, 3.05) is 5.32 Å². The molecule has 2 aliphatic heterocycles. The zero-order chi connectivity index (χ0) is 16.3. The maximum absolute atomic E-state index is 13.8. The lowest BCUT2D eigenvalue weighted by Gasteiger charge is -2.35. The molecule has 3 atom stereocenters. The Morgan fingerprint density at radius 1 is 1.35 bits per heavy atom. The molecule has 2 heterocycles. The van der Waals surface area contributed by atoms with E-state index in [1.807, 2.05) is 0 Å². The molecular formula is C16H12Cl2FNO3. The fourth-order valence-corrected chi connectivity index (χ4v) is 4.16. The van der Waals surface area contributed by atoms with Crippen molar-refractivity contribution in [2.24, 2.45) is 0 Å². The Morgan fingerprint density at radius 2 is 2.13 bits per heavy atom. The maximum Gasteiger partial charge on any atom is 0.330 e. The molecule has 3 aliphatic rings. The summed E-state index contributed by atoms with van der Waals surface area (Å²) in [7, 11) is 0. The highest BCUT2D eigenvalue weighted by molar-refractivity contribution is 6.35. The maximum atomic E-state index is 13.8. The third kappa shape index (κ3) is 2.22. The predicted octanol–water partition coefficient (Wildman–Crippen LogP) is 4.26. The minimum atomic E-state index is -1.04. The van der Waals surface area contributed by atoms with Crippen molar-refractivity contribution >= 4 is 34.9 Å². The van der Waals surface area contributed by atoms with Gasteiger partial charge in [0.15, 0.2) is 6.04 Å². The van der Waals surface area contributed by atoms with E-state index in [-0.39, 0.29) is 12.2 Å². The van der Waals surface area contributed by atoms with Crippen LogP contribution < -0.4 is 5.32 Å². The van der Waals surface area contributed by atoms with Crippen LogP contribution in [0.3, 0.4) is 0 Å². The number of allylic oxidation sites excluding steroid dienone is 3. The molecule has 1 aromatic carbocycles. The molecule has 0 saturated heterocycles. The smallest absolute Gasteiger partial charge is 0.330 e. The van der Waals surface area contributed by atoms with E-state index in [9.17, 15) is 14.3 Å². The number of hydrogen-bond acceptors (Lipinski definition) is 3. The Hall–Kier alpha value is -1.72. The number of aliphatic carboxylic acids is 1. The number of anilines is 1. The number of nitrogens with one attached hydrogen (secondary N) is 1. The van der Waals surface area contributed by atoms with E-state index in [4.69, 9.17) is 27.9 Å². The van der Waals surface area contributed by atoms with Crippen LogP contribution in [0, 0.1) is 0 Å². The molecule has 0 aromatic heterocycles. The lowest BCUT2D eigenvalue weighted by molar-refractivity contribution is -0.140. The van der Waals surface area contributed by atoms with Gasteiger partial charge in [-0.15, -0.1) is 0 Å². The second kappa shape index (κ2) is 5.14. The molecule has 0 saturated carbocycles. The van der Waals surface area contributed by atoms with Crippen molar-refractivity contribution < 1.29 is 19.0 Å². The molecular weight excluding hydrogens is 344 g/mol. The van der Waals surface area contributed by atoms with Crippen molar-refractivity contribution in [3.63, 3.8) is 0 Å². The van der Waals surface area contributed by atoms with E-state index >= 15 is 0 Å². The summed E-state index contributed by atoms with van der Waals surface area (Å²) in [5, 5.41) is 13.3. The Bertz CT molecular complexity index is 790. The average Bonchev–Trinajstić information content (AvgIpc) is 2.84. The van der Waals surface area contributed by atoms with Crippen LogP contribution >= 0.6 is 23.2 Å². The number of hydrogen-bond donors (Lipinski definition) is 2. The molecule has 0 fully saturated rings. The van der Waals surface area contributed by atoms with Crippen molar-refractivity contribution in [1.29, 1.82) is 0 Å². The van der Waals surface area contributed by atoms with Gasteiger partial charge in [-0.1, -0.05) is 23.2 Å².